The van der Waals surface area contributed by atoms with E-state index in [0.29, 0.717) is 6.42 Å². The predicted octanol–water partition coefficient (Wildman–Crippen LogP) is 6.00. The third-order valence-electron chi connectivity index (χ3n) is 5.47. The van der Waals surface area contributed by atoms with E-state index in [9.17, 15) is 9.90 Å². The lowest BCUT2D eigenvalue weighted by Crippen LogP contribution is -2.06. The van der Waals surface area contributed by atoms with Crippen molar-refractivity contribution in [1.29, 1.82) is 0 Å². The first-order valence-corrected chi connectivity index (χ1v) is 10.7. The molecule has 3 heteroatoms. The Kier molecular flexibility index (Phi) is 7.81. The van der Waals surface area contributed by atoms with E-state index < -0.39 is 5.97 Å². The number of esters is 1. The Morgan fingerprint density at radius 3 is 2.37 bits per heavy atom. The minimum atomic E-state index is -0.429. The highest BCUT2D eigenvalue weighted by Gasteiger charge is 2.08. The van der Waals surface area contributed by atoms with Crippen LogP contribution < -0.4 is 0 Å². The first kappa shape index (κ1) is 21.8. The fourth-order valence-electron chi connectivity index (χ4n) is 3.71. The Hall–Kier alpha value is -2.91. The molecule has 156 valence electrons. The molecule has 0 fully saturated rings. The SMILES string of the molecule is C=CC(=O)OCCc1cc2cc(-c3ccc(CCCCC)cc3)ccc2cc1CO. The summed E-state index contributed by atoms with van der Waals surface area (Å²) in [6, 6.07) is 19.3. The van der Waals surface area contributed by atoms with Gasteiger partial charge >= 0.3 is 5.97 Å². The number of fused-ring (bicyclic) bond motifs is 1. The van der Waals surface area contributed by atoms with Gasteiger partial charge < -0.3 is 9.84 Å². The molecular weight excluding hydrogens is 372 g/mol. The summed E-state index contributed by atoms with van der Waals surface area (Å²) in [6.07, 6.45) is 6.61. The van der Waals surface area contributed by atoms with E-state index in [1.54, 1.807) is 0 Å². The van der Waals surface area contributed by atoms with Crippen LogP contribution >= 0.6 is 0 Å². The van der Waals surface area contributed by atoms with E-state index >= 15 is 0 Å². The first-order chi connectivity index (χ1) is 14.6. The molecule has 0 aliphatic carbocycles. The second-order valence-electron chi connectivity index (χ2n) is 7.62. The number of hydrogen-bond acceptors (Lipinski definition) is 3. The Balaban J connectivity index is 1.81. The summed E-state index contributed by atoms with van der Waals surface area (Å²) in [5, 5.41) is 11.9. The topological polar surface area (TPSA) is 46.5 Å². The third kappa shape index (κ3) is 5.58. The standard InChI is InChI=1S/C27H30O3/c1-3-5-6-7-20-8-10-21(11-9-20)22-12-13-23-18-26(19-28)24(17-25(23)16-22)14-15-30-27(29)4-2/h4,8-13,16-18,28H,2-3,5-7,14-15,19H2,1H3. The van der Waals surface area contributed by atoms with E-state index in [-0.39, 0.29) is 13.2 Å². The number of aliphatic hydroxyl groups excluding tert-OH is 1. The first-order valence-electron chi connectivity index (χ1n) is 10.7. The van der Waals surface area contributed by atoms with Crippen molar-refractivity contribution >= 4 is 16.7 Å². The van der Waals surface area contributed by atoms with Crippen LogP contribution in [0.15, 0.2) is 67.3 Å². The zero-order chi connectivity index (χ0) is 21.3. The average Bonchev–Trinajstić information content (AvgIpc) is 2.78. The van der Waals surface area contributed by atoms with Gasteiger partial charge in [0.05, 0.1) is 13.2 Å². The van der Waals surface area contributed by atoms with Crippen LogP contribution in [0.5, 0.6) is 0 Å². The highest BCUT2D eigenvalue weighted by Crippen LogP contribution is 2.28. The van der Waals surface area contributed by atoms with Gasteiger partial charge in [0.2, 0.25) is 0 Å². The highest BCUT2D eigenvalue weighted by atomic mass is 16.5. The van der Waals surface area contributed by atoms with Gasteiger partial charge in [-0.3, -0.25) is 0 Å². The molecule has 0 amide bonds. The second-order valence-corrected chi connectivity index (χ2v) is 7.62. The molecule has 0 radical (unpaired) electrons. The number of ether oxygens (including phenoxy) is 1. The molecule has 0 aliphatic rings. The number of hydrogen-bond donors (Lipinski definition) is 1. The predicted molar refractivity (Wildman–Crippen MR) is 123 cm³/mol. The van der Waals surface area contributed by atoms with Crippen LogP contribution in [0.1, 0.15) is 42.9 Å². The van der Waals surface area contributed by atoms with E-state index in [1.165, 1.54) is 36.0 Å². The summed E-state index contributed by atoms with van der Waals surface area (Å²) >= 11 is 0. The second kappa shape index (κ2) is 10.7. The average molecular weight is 403 g/mol. The number of carbonyl (C=O) groups is 1. The van der Waals surface area contributed by atoms with Crippen LogP contribution in [-0.2, 0) is 29.0 Å². The normalized spacial score (nSPS) is 10.9. The molecule has 0 saturated carbocycles. The van der Waals surface area contributed by atoms with Crippen LogP contribution in [0.3, 0.4) is 0 Å². The molecular formula is C27H30O3. The van der Waals surface area contributed by atoms with Crippen molar-refractivity contribution in [1.82, 2.24) is 0 Å². The Labute approximate surface area is 179 Å². The lowest BCUT2D eigenvalue weighted by Gasteiger charge is -2.12. The van der Waals surface area contributed by atoms with Gasteiger partial charge in [-0.25, -0.2) is 4.79 Å². The summed E-state index contributed by atoms with van der Waals surface area (Å²) in [5.74, 6) is -0.429. The molecule has 0 unspecified atom stereocenters. The fourth-order valence-corrected chi connectivity index (χ4v) is 3.71. The monoisotopic (exact) mass is 402 g/mol. The van der Waals surface area contributed by atoms with Gasteiger partial charge in [0, 0.05) is 12.5 Å². The number of benzene rings is 3. The van der Waals surface area contributed by atoms with Crippen molar-refractivity contribution in [3.8, 4) is 11.1 Å². The summed E-state index contributed by atoms with van der Waals surface area (Å²) in [4.78, 5) is 11.3. The molecule has 3 aromatic rings. The maximum Gasteiger partial charge on any atom is 0.330 e. The van der Waals surface area contributed by atoms with Crippen molar-refractivity contribution in [2.24, 2.45) is 0 Å². The van der Waals surface area contributed by atoms with Gasteiger partial charge in [-0.1, -0.05) is 68.8 Å². The maximum atomic E-state index is 11.3. The van der Waals surface area contributed by atoms with E-state index in [0.717, 1.165) is 34.4 Å². The molecule has 0 heterocycles. The highest BCUT2D eigenvalue weighted by molar-refractivity contribution is 5.88. The molecule has 0 aliphatic heterocycles. The maximum absolute atomic E-state index is 11.3. The van der Waals surface area contributed by atoms with Gasteiger partial charge in [0.15, 0.2) is 0 Å². The van der Waals surface area contributed by atoms with Gasteiger partial charge in [-0.15, -0.1) is 0 Å². The Morgan fingerprint density at radius 1 is 0.933 bits per heavy atom. The van der Waals surface area contributed by atoms with Crippen LogP contribution in [-0.4, -0.2) is 17.7 Å². The molecule has 0 atom stereocenters. The van der Waals surface area contributed by atoms with E-state index in [4.69, 9.17) is 4.74 Å². The summed E-state index contributed by atoms with van der Waals surface area (Å²) in [7, 11) is 0. The molecule has 1 N–H and O–H groups in total. The van der Waals surface area contributed by atoms with Crippen LogP contribution in [0, 0.1) is 0 Å². The van der Waals surface area contributed by atoms with Gasteiger partial charge in [-0.05, 0) is 63.6 Å². The summed E-state index contributed by atoms with van der Waals surface area (Å²) < 4.78 is 5.11. The lowest BCUT2D eigenvalue weighted by atomic mass is 9.95. The van der Waals surface area contributed by atoms with E-state index in [1.807, 2.05) is 6.07 Å². The van der Waals surface area contributed by atoms with Gasteiger partial charge in [-0.2, -0.15) is 0 Å². The summed E-state index contributed by atoms with van der Waals surface area (Å²) in [5.41, 5.74) is 5.61. The molecule has 0 saturated heterocycles. The number of aliphatic hydroxyl groups is 1. The third-order valence-corrected chi connectivity index (χ3v) is 5.47. The molecule has 0 aromatic heterocycles. The molecule has 30 heavy (non-hydrogen) atoms. The molecule has 3 rings (SSSR count). The van der Waals surface area contributed by atoms with Crippen LogP contribution in [0.25, 0.3) is 21.9 Å². The van der Waals surface area contributed by atoms with Crippen molar-refractivity contribution in [3.05, 3.63) is 83.9 Å². The largest absolute Gasteiger partial charge is 0.462 e. The Bertz CT molecular complexity index is 1000. The number of unbranched alkanes of at least 4 members (excludes halogenated alkanes) is 2. The van der Waals surface area contributed by atoms with Crippen LogP contribution in [0.2, 0.25) is 0 Å². The number of carbonyl (C=O) groups excluding carboxylic acids is 1. The zero-order valence-corrected chi connectivity index (χ0v) is 17.7. The lowest BCUT2D eigenvalue weighted by molar-refractivity contribution is -0.137. The van der Waals surface area contributed by atoms with Crippen molar-refractivity contribution in [3.63, 3.8) is 0 Å². The quantitative estimate of drug-likeness (QED) is 0.257. The Morgan fingerprint density at radius 2 is 1.67 bits per heavy atom. The van der Waals surface area contributed by atoms with Crippen molar-refractivity contribution < 1.29 is 14.6 Å². The van der Waals surface area contributed by atoms with Crippen molar-refractivity contribution in [2.75, 3.05) is 6.61 Å². The van der Waals surface area contributed by atoms with E-state index in [2.05, 4.69) is 62.0 Å². The fraction of sp³-hybridized carbons (Fsp3) is 0.296. The van der Waals surface area contributed by atoms with Crippen molar-refractivity contribution in [2.45, 2.75) is 45.6 Å². The smallest absolute Gasteiger partial charge is 0.330 e. The van der Waals surface area contributed by atoms with Gasteiger partial charge in [0.25, 0.3) is 0 Å². The summed E-state index contributed by atoms with van der Waals surface area (Å²) in [6.45, 7) is 5.86. The zero-order valence-electron chi connectivity index (χ0n) is 17.7. The molecule has 0 spiro atoms. The number of rotatable bonds is 10. The van der Waals surface area contributed by atoms with Crippen LogP contribution in [0.4, 0.5) is 0 Å². The molecule has 3 aromatic carbocycles. The minimum absolute atomic E-state index is 0.0398. The van der Waals surface area contributed by atoms with Gasteiger partial charge in [0.1, 0.15) is 0 Å². The minimum Gasteiger partial charge on any atom is -0.462 e. The molecule has 3 nitrogen and oxygen atoms in total. The molecule has 0 bridgehead atoms. The number of aryl methyl sites for hydroxylation is 1.